The third kappa shape index (κ3) is 5.15. The minimum atomic E-state index is -1.48. The molecule has 0 aromatic carbocycles. The fraction of sp³-hybridized carbons (Fsp3) is 0.364. The number of carboxylic acids is 1. The van der Waals surface area contributed by atoms with Crippen LogP contribution in [0, 0.1) is 0 Å². The van der Waals surface area contributed by atoms with E-state index in [0.717, 1.165) is 28.5 Å². The highest BCUT2D eigenvalue weighted by Gasteiger charge is 2.53. The molecule has 0 aliphatic carbocycles. The van der Waals surface area contributed by atoms with Gasteiger partial charge in [0.25, 0.3) is 11.8 Å². The first-order valence-corrected chi connectivity index (χ1v) is 13.9. The zero-order valence-corrected chi connectivity index (χ0v) is 22.8. The second-order valence-corrected chi connectivity index (χ2v) is 10.6. The molecule has 2 aliphatic rings. The smallest absolute Gasteiger partial charge is 0.307 e. The number of imidazole rings is 1. The number of hydrogen-bond acceptors (Lipinski definition) is 14. The van der Waals surface area contributed by atoms with E-state index >= 15 is 0 Å². The minimum Gasteiger partial charge on any atom is -0.543 e. The summed E-state index contributed by atoms with van der Waals surface area (Å²) in [5, 5.41) is 25.6. The molecule has 0 unspecified atom stereocenters. The molecule has 0 spiro atoms. The van der Waals surface area contributed by atoms with Crippen LogP contribution in [0.5, 0.6) is 0 Å². The van der Waals surface area contributed by atoms with Gasteiger partial charge in [0.05, 0.1) is 11.7 Å². The number of amides is 2. The molecule has 2 amide bonds. The molecule has 3 aromatic heterocycles. The number of anilines is 2. The number of hydrogen-bond donors (Lipinski definition) is 4. The van der Waals surface area contributed by atoms with Crippen molar-refractivity contribution in [1.82, 2.24) is 29.2 Å². The summed E-state index contributed by atoms with van der Waals surface area (Å²) < 4.78 is 7.46. The summed E-state index contributed by atoms with van der Waals surface area (Å²) in [6, 6.07) is 2.69. The van der Waals surface area contributed by atoms with Gasteiger partial charge in [0, 0.05) is 35.5 Å². The molecule has 5 rings (SSSR count). The van der Waals surface area contributed by atoms with Crippen LogP contribution < -0.4 is 31.8 Å². The summed E-state index contributed by atoms with van der Waals surface area (Å²) in [5.74, 6) is -1.90. The van der Waals surface area contributed by atoms with Crippen molar-refractivity contribution in [3.8, 4) is 0 Å². The Bertz CT molecular complexity index is 1530. The third-order valence-corrected chi connectivity index (χ3v) is 8.03. The number of nitrogens with one attached hydrogen (secondary N) is 2. The van der Waals surface area contributed by atoms with E-state index < -0.39 is 29.2 Å². The summed E-state index contributed by atoms with van der Waals surface area (Å²) in [4.78, 5) is 48.0. The van der Waals surface area contributed by atoms with Crippen LogP contribution in [0.15, 0.2) is 41.0 Å². The predicted octanol–water partition coefficient (Wildman–Crippen LogP) is -2.73. The zero-order valence-electron chi connectivity index (χ0n) is 21.1. The lowest BCUT2D eigenvalue weighted by Gasteiger charge is -2.50. The molecular weight excluding hydrogens is 562 g/mol. The Morgan fingerprint density at radius 2 is 2.20 bits per heavy atom. The Morgan fingerprint density at radius 3 is 2.90 bits per heavy atom. The number of carbonyl (C=O) groups is 3. The first kappa shape index (κ1) is 27.3. The maximum Gasteiger partial charge on any atom is 0.307 e. The lowest BCUT2D eigenvalue weighted by Crippen LogP contribution is -2.71. The average molecular weight is 588 g/mol. The third-order valence-electron chi connectivity index (χ3n) is 6.15. The Balaban J connectivity index is 1.33. The van der Waals surface area contributed by atoms with Crippen molar-refractivity contribution >= 4 is 63.4 Å². The van der Waals surface area contributed by atoms with E-state index in [1.54, 1.807) is 16.9 Å². The number of aromatic nitrogens is 5. The summed E-state index contributed by atoms with van der Waals surface area (Å²) in [6.45, 7) is 1.46. The van der Waals surface area contributed by atoms with Crippen molar-refractivity contribution in [2.45, 2.75) is 24.4 Å². The van der Waals surface area contributed by atoms with Crippen LogP contribution in [0.4, 0.5) is 10.9 Å². The molecule has 16 nitrogen and oxygen atoms in total. The quantitative estimate of drug-likeness (QED) is 0.0590. The molecule has 2 atom stereocenters. The molecule has 0 saturated carbocycles. The van der Waals surface area contributed by atoms with Crippen LogP contribution in [-0.4, -0.2) is 84.7 Å². The van der Waals surface area contributed by atoms with E-state index in [1.165, 1.54) is 18.9 Å². The molecule has 2 aliphatic heterocycles. The van der Waals surface area contributed by atoms with Crippen LogP contribution in [0.25, 0.3) is 5.65 Å². The first-order chi connectivity index (χ1) is 19.3. The Hall–Kier alpha value is -4.29. The van der Waals surface area contributed by atoms with E-state index in [2.05, 4.69) is 30.2 Å². The van der Waals surface area contributed by atoms with E-state index in [0.29, 0.717) is 30.2 Å². The number of thioether (sulfide) groups is 1. The van der Waals surface area contributed by atoms with Crippen molar-refractivity contribution in [3.05, 3.63) is 41.6 Å². The van der Waals surface area contributed by atoms with Crippen LogP contribution in [0.3, 0.4) is 0 Å². The van der Waals surface area contributed by atoms with Crippen LogP contribution in [0.1, 0.15) is 12.2 Å². The molecule has 5 heterocycles. The van der Waals surface area contributed by atoms with E-state index in [4.69, 9.17) is 16.3 Å². The normalized spacial score (nSPS) is 18.9. The molecule has 0 bridgehead atoms. The van der Waals surface area contributed by atoms with E-state index in [9.17, 15) is 19.5 Å². The van der Waals surface area contributed by atoms with Crippen LogP contribution >= 0.6 is 23.3 Å². The highest BCUT2D eigenvalue weighted by molar-refractivity contribution is 8.00. The second-order valence-electron chi connectivity index (χ2n) is 8.70. The molecule has 3 aromatic rings. The lowest BCUT2D eigenvalue weighted by molar-refractivity contribution is -0.662. The fourth-order valence-electron chi connectivity index (χ4n) is 4.35. The number of oxime groups is 1. The number of aliphatic carboxylic acids is 1. The molecule has 0 radical (unpaired) electrons. The van der Waals surface area contributed by atoms with E-state index in [-0.39, 0.29) is 28.9 Å². The first-order valence-electron chi connectivity index (χ1n) is 12.0. The van der Waals surface area contributed by atoms with Gasteiger partial charge in [-0.25, -0.2) is 4.57 Å². The summed E-state index contributed by atoms with van der Waals surface area (Å²) >= 11 is 2.20. The molecule has 210 valence electrons. The van der Waals surface area contributed by atoms with Crippen LogP contribution in [0.2, 0.25) is 0 Å². The van der Waals surface area contributed by atoms with Gasteiger partial charge in [-0.15, -0.1) is 11.8 Å². The Labute approximate surface area is 235 Å². The maximum absolute atomic E-state index is 13.1. The highest BCUT2D eigenvalue weighted by Crippen LogP contribution is 2.40. The molecule has 1 fully saturated rings. The molecule has 6 N–H and O–H groups in total. The monoisotopic (exact) mass is 587 g/mol. The predicted molar refractivity (Wildman–Crippen MR) is 142 cm³/mol. The molecule has 1 saturated heterocycles. The number of nitrogen functional groups attached to an aromatic ring is 1. The number of nitrogens with two attached hydrogens (primary N) is 2. The number of fused-ring (bicyclic) bond motifs is 2. The Morgan fingerprint density at radius 1 is 1.38 bits per heavy atom. The number of β-lactam (4-membered cyclic amide) rings is 1. The standard InChI is InChI=1S/C22H25N11O5S2/c1-38-29-14(17-27-22(24)40-30-17)18(34)26-15-19(35)33-16(21(36)37)11(10-39-20(15)33)9-31-7-8-32-13(31)4-3-12(28-32)25-6-2-5-23/h3-4,7-8,15,20H,2,5-6,9-10,23H2,1H3,(H4-,24,25,26,27,28,30,34,36,37)/b29-14-/t15-,20-/m1/s1. The van der Waals surface area contributed by atoms with Crippen molar-refractivity contribution in [2.75, 3.05) is 37.0 Å². The minimum absolute atomic E-state index is 0.0517. The second kappa shape index (κ2) is 11.4. The molecular formula is C22H25N11O5S2. The van der Waals surface area contributed by atoms with Gasteiger partial charge in [0.15, 0.2) is 17.1 Å². The van der Waals surface area contributed by atoms with Gasteiger partial charge in [-0.05, 0) is 19.0 Å². The van der Waals surface area contributed by atoms with Gasteiger partial charge < -0.3 is 36.8 Å². The topological polar surface area (TPSA) is 222 Å². The number of carboxylic acid groups (broad SMARTS) is 1. The summed E-state index contributed by atoms with van der Waals surface area (Å²) in [5.41, 5.74) is 11.9. The van der Waals surface area contributed by atoms with Gasteiger partial charge in [-0.2, -0.15) is 9.36 Å². The maximum atomic E-state index is 13.1. The number of nitrogens with zero attached hydrogens (tertiary/aromatic N) is 7. The Kier molecular flexibility index (Phi) is 7.81. The van der Waals surface area contributed by atoms with Gasteiger partial charge in [0.2, 0.25) is 11.5 Å². The van der Waals surface area contributed by atoms with Crippen molar-refractivity contribution < 1.29 is 28.9 Å². The summed E-state index contributed by atoms with van der Waals surface area (Å²) in [6.07, 6.45) is 4.34. The summed E-state index contributed by atoms with van der Waals surface area (Å²) in [7, 11) is 1.25. The van der Waals surface area contributed by atoms with Gasteiger partial charge in [0.1, 0.15) is 31.3 Å². The van der Waals surface area contributed by atoms with Crippen molar-refractivity contribution in [1.29, 1.82) is 0 Å². The average Bonchev–Trinajstić information content (AvgIpc) is 3.55. The largest absolute Gasteiger partial charge is 0.543 e. The lowest BCUT2D eigenvalue weighted by atomic mass is 10.0. The van der Waals surface area contributed by atoms with Crippen LogP contribution in [-0.2, 0) is 25.8 Å². The van der Waals surface area contributed by atoms with Gasteiger partial charge in [-0.3, -0.25) is 14.5 Å². The highest BCUT2D eigenvalue weighted by atomic mass is 32.2. The van der Waals surface area contributed by atoms with E-state index in [1.807, 2.05) is 16.7 Å². The molecule has 18 heteroatoms. The SMILES string of the molecule is CO/N=C(\C(=O)N[C@@H]1C(=O)N2C(C(=O)[O-])=C(C[n+]3ccn4nc(NCCCN)ccc43)CS[C@H]12)c1nsc(N)n1. The molecule has 40 heavy (non-hydrogen) atoms. The van der Waals surface area contributed by atoms with Gasteiger partial charge >= 0.3 is 5.65 Å². The van der Waals surface area contributed by atoms with Crippen molar-refractivity contribution in [3.63, 3.8) is 0 Å². The zero-order chi connectivity index (χ0) is 28.4. The van der Waals surface area contributed by atoms with Gasteiger partial charge in [-0.1, -0.05) is 14.8 Å². The number of rotatable bonds is 11. The number of carbonyl (C=O) groups excluding carboxylic acids is 3. The van der Waals surface area contributed by atoms with Crippen molar-refractivity contribution in [2.24, 2.45) is 10.9 Å². The fourth-order valence-corrected chi connectivity index (χ4v) is 6.12.